The van der Waals surface area contributed by atoms with Crippen molar-refractivity contribution in [2.75, 3.05) is 18.5 Å². The molecule has 0 fully saturated rings. The molecule has 0 unspecified atom stereocenters. The van der Waals surface area contributed by atoms with Gasteiger partial charge in [0.2, 0.25) is 0 Å². The average molecular weight is 243 g/mol. The van der Waals surface area contributed by atoms with E-state index in [0.29, 0.717) is 6.54 Å². The number of nitrogens with two attached hydrogens (primary N) is 1. The van der Waals surface area contributed by atoms with Gasteiger partial charge < -0.3 is 10.6 Å². The van der Waals surface area contributed by atoms with Gasteiger partial charge in [0.25, 0.3) is 0 Å². The van der Waals surface area contributed by atoms with E-state index in [9.17, 15) is 0 Å². The van der Waals surface area contributed by atoms with Gasteiger partial charge in [-0.25, -0.2) is 0 Å². The van der Waals surface area contributed by atoms with Gasteiger partial charge >= 0.3 is 0 Å². The fraction of sp³-hybridized carbons (Fsp3) is 0.400. The minimum Gasteiger partial charge on any atom is -0.375 e. The van der Waals surface area contributed by atoms with Crippen LogP contribution in [0.1, 0.15) is 12.5 Å². The molecule has 1 aromatic rings. The van der Waals surface area contributed by atoms with Gasteiger partial charge in [-0.05, 0) is 30.7 Å². The lowest BCUT2D eigenvalue weighted by atomic mass is 10.1. The smallest absolute Gasteiger partial charge is 0.0409 e. The Morgan fingerprint density at radius 2 is 2.15 bits per heavy atom. The molecule has 0 saturated heterocycles. The minimum atomic E-state index is 0.582. The molecule has 0 atom stereocenters. The van der Waals surface area contributed by atoms with Crippen molar-refractivity contribution in [1.82, 2.24) is 0 Å². The van der Waals surface area contributed by atoms with Crippen molar-refractivity contribution >= 4 is 21.6 Å². The van der Waals surface area contributed by atoms with Crippen molar-refractivity contribution in [3.63, 3.8) is 0 Å². The zero-order valence-corrected chi connectivity index (χ0v) is 9.63. The van der Waals surface area contributed by atoms with Crippen molar-refractivity contribution < 1.29 is 0 Å². The van der Waals surface area contributed by atoms with Crippen LogP contribution in [-0.2, 0) is 6.54 Å². The fourth-order valence-electron chi connectivity index (χ4n) is 1.26. The van der Waals surface area contributed by atoms with E-state index in [1.165, 1.54) is 11.3 Å². The number of hydrogen-bond donors (Lipinski definition) is 1. The van der Waals surface area contributed by atoms with E-state index in [-0.39, 0.29) is 0 Å². The molecule has 0 amide bonds. The lowest BCUT2D eigenvalue weighted by Crippen LogP contribution is -2.18. The predicted octanol–water partition coefficient (Wildman–Crippen LogP) is 2.36. The summed E-state index contributed by atoms with van der Waals surface area (Å²) in [7, 11) is 2.07. The highest BCUT2D eigenvalue weighted by Crippen LogP contribution is 2.23. The lowest BCUT2D eigenvalue weighted by Gasteiger charge is -2.20. The number of rotatable bonds is 3. The van der Waals surface area contributed by atoms with Gasteiger partial charge in [0.15, 0.2) is 0 Å². The summed E-state index contributed by atoms with van der Waals surface area (Å²) in [5, 5.41) is 0. The summed E-state index contributed by atoms with van der Waals surface area (Å²) >= 11 is 3.43. The molecule has 0 aliphatic rings. The highest BCUT2D eigenvalue weighted by molar-refractivity contribution is 9.10. The van der Waals surface area contributed by atoms with Gasteiger partial charge in [0.05, 0.1) is 0 Å². The summed E-state index contributed by atoms with van der Waals surface area (Å²) < 4.78 is 1.08. The topological polar surface area (TPSA) is 29.3 Å². The highest BCUT2D eigenvalue weighted by atomic mass is 79.9. The molecule has 0 spiro atoms. The largest absolute Gasteiger partial charge is 0.375 e. The van der Waals surface area contributed by atoms with E-state index in [0.717, 1.165) is 11.0 Å². The Hall–Kier alpha value is -0.540. The Morgan fingerprint density at radius 1 is 1.46 bits per heavy atom. The molecule has 1 aromatic carbocycles. The van der Waals surface area contributed by atoms with Crippen LogP contribution >= 0.6 is 15.9 Å². The van der Waals surface area contributed by atoms with E-state index in [2.05, 4.69) is 46.9 Å². The summed E-state index contributed by atoms with van der Waals surface area (Å²) in [5.41, 5.74) is 8.06. The number of halogens is 1. The van der Waals surface area contributed by atoms with Crippen LogP contribution in [0.5, 0.6) is 0 Å². The molecule has 1 rings (SSSR count). The third-order valence-corrected chi connectivity index (χ3v) is 2.64. The summed E-state index contributed by atoms with van der Waals surface area (Å²) in [6, 6.07) is 6.21. The van der Waals surface area contributed by atoms with Gasteiger partial charge in [-0.2, -0.15) is 0 Å². The Balaban J connectivity index is 3.05. The summed E-state index contributed by atoms with van der Waals surface area (Å²) in [6.45, 7) is 3.70. The monoisotopic (exact) mass is 242 g/mol. The van der Waals surface area contributed by atoms with Gasteiger partial charge in [-0.1, -0.05) is 15.9 Å². The van der Waals surface area contributed by atoms with E-state index < -0.39 is 0 Å². The zero-order chi connectivity index (χ0) is 9.84. The lowest BCUT2D eigenvalue weighted by molar-refractivity contribution is 0.940. The van der Waals surface area contributed by atoms with Crippen molar-refractivity contribution in [1.29, 1.82) is 0 Å². The van der Waals surface area contributed by atoms with Crippen LogP contribution in [0.2, 0.25) is 0 Å². The quantitative estimate of drug-likeness (QED) is 0.883. The van der Waals surface area contributed by atoms with Crippen LogP contribution in [0.3, 0.4) is 0 Å². The minimum absolute atomic E-state index is 0.582. The summed E-state index contributed by atoms with van der Waals surface area (Å²) in [4.78, 5) is 2.19. The first kappa shape index (κ1) is 10.5. The molecule has 0 aromatic heterocycles. The molecular weight excluding hydrogens is 228 g/mol. The van der Waals surface area contributed by atoms with Crippen molar-refractivity contribution in [2.24, 2.45) is 5.73 Å². The standard InChI is InChI=1S/C10H15BrN2/c1-3-13(2)10-5-4-9(11)6-8(10)7-12/h4-6H,3,7,12H2,1-2H3. The van der Waals surface area contributed by atoms with Crippen molar-refractivity contribution in [2.45, 2.75) is 13.5 Å². The van der Waals surface area contributed by atoms with Crippen LogP contribution in [0, 0.1) is 0 Å². The molecule has 2 nitrogen and oxygen atoms in total. The molecule has 2 N–H and O–H groups in total. The van der Waals surface area contributed by atoms with E-state index in [1.807, 2.05) is 6.07 Å². The molecule has 0 aliphatic heterocycles. The van der Waals surface area contributed by atoms with Gasteiger partial charge in [-0.3, -0.25) is 0 Å². The summed E-state index contributed by atoms with van der Waals surface area (Å²) in [6.07, 6.45) is 0. The van der Waals surface area contributed by atoms with Crippen LogP contribution in [-0.4, -0.2) is 13.6 Å². The van der Waals surface area contributed by atoms with Crippen LogP contribution in [0.25, 0.3) is 0 Å². The Bertz CT molecular complexity index is 286. The third-order valence-electron chi connectivity index (χ3n) is 2.15. The Kier molecular flexibility index (Phi) is 3.75. The van der Waals surface area contributed by atoms with Crippen LogP contribution < -0.4 is 10.6 Å². The maximum absolute atomic E-state index is 5.66. The second-order valence-electron chi connectivity index (χ2n) is 2.99. The number of hydrogen-bond acceptors (Lipinski definition) is 2. The van der Waals surface area contributed by atoms with Gasteiger partial charge in [0, 0.05) is 30.3 Å². The van der Waals surface area contributed by atoms with E-state index in [1.54, 1.807) is 0 Å². The highest BCUT2D eigenvalue weighted by Gasteiger charge is 2.04. The number of nitrogens with zero attached hydrogens (tertiary/aromatic N) is 1. The van der Waals surface area contributed by atoms with Crippen LogP contribution in [0.15, 0.2) is 22.7 Å². The molecule has 13 heavy (non-hydrogen) atoms. The SMILES string of the molecule is CCN(C)c1ccc(Br)cc1CN. The maximum atomic E-state index is 5.66. The van der Waals surface area contributed by atoms with E-state index >= 15 is 0 Å². The van der Waals surface area contributed by atoms with Gasteiger partial charge in [-0.15, -0.1) is 0 Å². The third kappa shape index (κ3) is 2.45. The Morgan fingerprint density at radius 3 is 2.69 bits per heavy atom. The molecule has 0 bridgehead atoms. The first-order chi connectivity index (χ1) is 6.19. The molecule has 3 heteroatoms. The number of benzene rings is 1. The second-order valence-corrected chi connectivity index (χ2v) is 3.91. The fourth-order valence-corrected chi connectivity index (χ4v) is 1.67. The Labute approximate surface area is 87.9 Å². The van der Waals surface area contributed by atoms with E-state index in [4.69, 9.17) is 5.73 Å². The predicted molar refractivity (Wildman–Crippen MR) is 61.0 cm³/mol. The zero-order valence-electron chi connectivity index (χ0n) is 8.05. The van der Waals surface area contributed by atoms with Crippen molar-refractivity contribution in [3.05, 3.63) is 28.2 Å². The normalized spacial score (nSPS) is 10.2. The van der Waals surface area contributed by atoms with Crippen LogP contribution in [0.4, 0.5) is 5.69 Å². The first-order valence-electron chi connectivity index (χ1n) is 4.38. The first-order valence-corrected chi connectivity index (χ1v) is 5.18. The molecular formula is C10H15BrN2. The molecule has 0 heterocycles. The second kappa shape index (κ2) is 4.63. The molecule has 0 saturated carbocycles. The van der Waals surface area contributed by atoms with Gasteiger partial charge in [0.1, 0.15) is 0 Å². The maximum Gasteiger partial charge on any atom is 0.0409 e. The molecule has 72 valence electrons. The van der Waals surface area contributed by atoms with Crippen molar-refractivity contribution in [3.8, 4) is 0 Å². The number of anilines is 1. The molecule has 0 aliphatic carbocycles. The average Bonchev–Trinajstić information content (AvgIpc) is 2.16. The summed E-state index contributed by atoms with van der Waals surface area (Å²) in [5.74, 6) is 0. The molecule has 0 radical (unpaired) electrons.